The maximum absolute atomic E-state index is 11.0. The lowest BCUT2D eigenvalue weighted by molar-refractivity contribution is 0.114. The minimum absolute atomic E-state index is 0.112. The van der Waals surface area contributed by atoms with Gasteiger partial charge < -0.3 is 26.2 Å². The molecule has 1 aliphatic heterocycles. The lowest BCUT2D eigenvalue weighted by Gasteiger charge is -2.27. The molecule has 8 nitrogen and oxygen atoms in total. The van der Waals surface area contributed by atoms with Crippen LogP contribution in [0.3, 0.4) is 0 Å². The highest BCUT2D eigenvalue weighted by molar-refractivity contribution is 5.79. The van der Waals surface area contributed by atoms with Crippen molar-refractivity contribution in [3.63, 3.8) is 0 Å². The van der Waals surface area contributed by atoms with Crippen molar-refractivity contribution >= 4 is 17.5 Å². The van der Waals surface area contributed by atoms with E-state index in [1.54, 1.807) is 24.5 Å². The summed E-state index contributed by atoms with van der Waals surface area (Å²) in [5.74, 6) is 0. The molecule has 1 fully saturated rings. The molecule has 0 saturated carbocycles. The number of carbonyl (C=O) groups is 1. The molecule has 0 aliphatic carbocycles. The molecule has 0 radical (unpaired) electrons. The number of nitrogen functional groups attached to an aromatic ring is 1. The lowest BCUT2D eigenvalue weighted by Crippen LogP contribution is -2.33. The molecule has 8 heteroatoms. The van der Waals surface area contributed by atoms with Crippen molar-refractivity contribution in [3.05, 3.63) is 42.2 Å². The Kier molecular flexibility index (Phi) is 4.91. The third-order valence-electron chi connectivity index (χ3n) is 4.46. The summed E-state index contributed by atoms with van der Waals surface area (Å²) < 4.78 is 5.08. The number of nitrogens with two attached hydrogens (primary N) is 2. The molecular formula is C18H19N5O3. The van der Waals surface area contributed by atoms with Crippen LogP contribution in [0.2, 0.25) is 0 Å². The zero-order valence-electron chi connectivity index (χ0n) is 14.0. The first-order chi connectivity index (χ1) is 12.5. The Bertz CT molecular complexity index is 864. The minimum Gasteiger partial charge on any atom is -0.444 e. The molecule has 0 spiro atoms. The van der Waals surface area contributed by atoms with E-state index in [0.29, 0.717) is 35.5 Å². The Morgan fingerprint density at radius 1 is 1.46 bits per heavy atom. The van der Waals surface area contributed by atoms with E-state index in [-0.39, 0.29) is 12.6 Å². The predicted molar refractivity (Wildman–Crippen MR) is 96.1 cm³/mol. The van der Waals surface area contributed by atoms with E-state index < -0.39 is 12.2 Å². The van der Waals surface area contributed by atoms with Crippen LogP contribution in [0.4, 0.5) is 16.2 Å². The highest BCUT2D eigenvalue weighted by Gasteiger charge is 2.34. The zero-order valence-corrected chi connectivity index (χ0v) is 14.0. The summed E-state index contributed by atoms with van der Waals surface area (Å²) in [7, 11) is 0. The second-order valence-electron chi connectivity index (χ2n) is 6.09. The topological polar surface area (TPSA) is 138 Å². The molecule has 1 aromatic heterocycles. The maximum Gasteiger partial charge on any atom is 0.404 e. The molecule has 3 rings (SSSR count). The molecule has 134 valence electrons. The fourth-order valence-electron chi connectivity index (χ4n) is 3.27. The molecule has 2 heterocycles. The largest absolute Gasteiger partial charge is 0.444 e. The van der Waals surface area contributed by atoms with Crippen molar-refractivity contribution in [2.45, 2.75) is 18.6 Å². The fourth-order valence-corrected chi connectivity index (χ4v) is 3.27. The molecule has 1 amide bonds. The number of anilines is 2. The first-order valence-electron chi connectivity index (χ1n) is 8.11. The number of benzene rings is 1. The summed E-state index contributed by atoms with van der Waals surface area (Å²) in [4.78, 5) is 17.0. The van der Waals surface area contributed by atoms with Gasteiger partial charge in [0.1, 0.15) is 6.10 Å². The van der Waals surface area contributed by atoms with Crippen LogP contribution in [0.15, 0.2) is 36.7 Å². The van der Waals surface area contributed by atoms with Crippen molar-refractivity contribution in [2.24, 2.45) is 5.73 Å². The molecule has 26 heavy (non-hydrogen) atoms. The summed E-state index contributed by atoms with van der Waals surface area (Å²) in [5.41, 5.74) is 14.5. The van der Waals surface area contributed by atoms with E-state index in [2.05, 4.69) is 11.1 Å². The summed E-state index contributed by atoms with van der Waals surface area (Å²) >= 11 is 0. The van der Waals surface area contributed by atoms with Gasteiger partial charge in [-0.05, 0) is 23.8 Å². The second kappa shape index (κ2) is 7.29. The molecule has 1 aromatic carbocycles. The number of amides is 1. The average Bonchev–Trinajstić information content (AvgIpc) is 3.04. The zero-order chi connectivity index (χ0) is 18.7. The molecular weight excluding hydrogens is 334 g/mol. The van der Waals surface area contributed by atoms with Crippen LogP contribution in [0.1, 0.15) is 12.0 Å². The van der Waals surface area contributed by atoms with E-state index in [9.17, 15) is 15.2 Å². The van der Waals surface area contributed by atoms with Gasteiger partial charge in [-0.3, -0.25) is 4.98 Å². The van der Waals surface area contributed by atoms with E-state index in [1.165, 1.54) is 0 Å². The SMILES string of the molecule is N#Cc1ccncc1-c1ccc(N)c(N2C[C@@H](OC(N)=O)C[C@H]2CO)c1. The van der Waals surface area contributed by atoms with Crippen LogP contribution in [0.5, 0.6) is 0 Å². The molecule has 2 aromatic rings. The highest BCUT2D eigenvalue weighted by atomic mass is 16.6. The number of primary amides is 1. The van der Waals surface area contributed by atoms with Gasteiger partial charge in [0.2, 0.25) is 0 Å². The number of nitriles is 1. The second-order valence-corrected chi connectivity index (χ2v) is 6.09. The summed E-state index contributed by atoms with van der Waals surface area (Å²) in [6.45, 7) is 0.262. The molecule has 1 saturated heterocycles. The molecule has 5 N–H and O–H groups in total. The Labute approximate surface area is 150 Å². The first kappa shape index (κ1) is 17.5. The predicted octanol–water partition coefficient (Wildman–Crippen LogP) is 1.24. The van der Waals surface area contributed by atoms with E-state index in [0.717, 1.165) is 5.56 Å². The monoisotopic (exact) mass is 353 g/mol. The van der Waals surface area contributed by atoms with Crippen molar-refractivity contribution in [1.29, 1.82) is 5.26 Å². The fraction of sp³-hybridized carbons (Fsp3) is 0.278. The number of aliphatic hydroxyl groups excluding tert-OH is 1. The molecule has 0 unspecified atom stereocenters. The van der Waals surface area contributed by atoms with Crippen molar-refractivity contribution in [2.75, 3.05) is 23.8 Å². The maximum atomic E-state index is 11.0. The van der Waals surface area contributed by atoms with Gasteiger partial charge in [-0.15, -0.1) is 0 Å². The van der Waals surface area contributed by atoms with Crippen LogP contribution in [0, 0.1) is 11.3 Å². The van der Waals surface area contributed by atoms with Crippen LogP contribution in [0.25, 0.3) is 11.1 Å². The van der Waals surface area contributed by atoms with Gasteiger partial charge in [-0.1, -0.05) is 6.07 Å². The Morgan fingerprint density at radius 3 is 2.96 bits per heavy atom. The van der Waals surface area contributed by atoms with Gasteiger partial charge in [0.05, 0.1) is 42.2 Å². The number of hydrogen-bond acceptors (Lipinski definition) is 7. The van der Waals surface area contributed by atoms with Gasteiger partial charge in [-0.25, -0.2) is 4.79 Å². The van der Waals surface area contributed by atoms with E-state index in [4.69, 9.17) is 16.2 Å². The number of nitrogens with zero attached hydrogens (tertiary/aromatic N) is 3. The van der Waals surface area contributed by atoms with Gasteiger partial charge in [0.15, 0.2) is 0 Å². The average molecular weight is 353 g/mol. The van der Waals surface area contributed by atoms with Crippen LogP contribution >= 0.6 is 0 Å². The Morgan fingerprint density at radius 2 is 2.27 bits per heavy atom. The molecule has 0 bridgehead atoms. The lowest BCUT2D eigenvalue weighted by atomic mass is 10.0. The van der Waals surface area contributed by atoms with Crippen LogP contribution in [-0.4, -0.2) is 41.5 Å². The van der Waals surface area contributed by atoms with Crippen molar-refractivity contribution < 1.29 is 14.6 Å². The van der Waals surface area contributed by atoms with Crippen molar-refractivity contribution in [3.8, 4) is 17.2 Å². The van der Waals surface area contributed by atoms with Crippen LogP contribution < -0.4 is 16.4 Å². The van der Waals surface area contributed by atoms with Crippen LogP contribution in [-0.2, 0) is 4.74 Å². The third kappa shape index (κ3) is 3.38. The third-order valence-corrected chi connectivity index (χ3v) is 4.46. The smallest absolute Gasteiger partial charge is 0.404 e. The highest BCUT2D eigenvalue weighted by Crippen LogP contribution is 2.35. The number of rotatable bonds is 4. The number of carbonyl (C=O) groups excluding carboxylic acids is 1. The van der Waals surface area contributed by atoms with Gasteiger partial charge in [-0.2, -0.15) is 5.26 Å². The summed E-state index contributed by atoms with van der Waals surface area (Å²) in [6, 6.07) is 8.96. The Balaban J connectivity index is 1.98. The van der Waals surface area contributed by atoms with E-state index in [1.807, 2.05) is 17.0 Å². The molecule has 2 atom stereocenters. The van der Waals surface area contributed by atoms with Gasteiger partial charge in [0, 0.05) is 24.4 Å². The van der Waals surface area contributed by atoms with Gasteiger partial charge in [0.25, 0.3) is 0 Å². The standard InChI is InChI=1S/C18H19N5O3/c19-7-12-3-4-22-8-15(12)11-1-2-16(20)17(5-11)23-9-14(26-18(21)25)6-13(23)10-24/h1-5,8,13-14,24H,6,9-10,20H2,(H2,21,25)/t13-,14-/m0/s1. The number of aromatic nitrogens is 1. The number of ether oxygens (including phenoxy) is 1. The quantitative estimate of drug-likeness (QED) is 0.703. The molecule has 1 aliphatic rings. The van der Waals surface area contributed by atoms with Gasteiger partial charge >= 0.3 is 6.09 Å². The summed E-state index contributed by atoms with van der Waals surface area (Å²) in [5, 5.41) is 19.0. The number of pyridine rings is 1. The van der Waals surface area contributed by atoms with E-state index >= 15 is 0 Å². The normalized spacial score (nSPS) is 19.2. The Hall–Kier alpha value is -3.31. The number of aliphatic hydroxyl groups is 1. The minimum atomic E-state index is -0.843. The number of hydrogen-bond donors (Lipinski definition) is 3. The van der Waals surface area contributed by atoms with Crippen molar-refractivity contribution in [1.82, 2.24) is 4.98 Å². The first-order valence-corrected chi connectivity index (χ1v) is 8.11. The summed E-state index contributed by atoms with van der Waals surface area (Å²) in [6.07, 6.45) is 2.39.